The van der Waals surface area contributed by atoms with Gasteiger partial charge >= 0.3 is 0 Å². The van der Waals surface area contributed by atoms with E-state index in [-0.39, 0.29) is 18.5 Å². The molecule has 3 aromatic rings. The Balaban J connectivity index is 0.00000304. The van der Waals surface area contributed by atoms with Crippen molar-refractivity contribution in [2.45, 2.75) is 56.7 Å². The zero-order valence-electron chi connectivity index (χ0n) is 21.4. The Hall–Kier alpha value is -2.17. The van der Waals surface area contributed by atoms with Crippen LogP contribution in [0.1, 0.15) is 48.3 Å². The van der Waals surface area contributed by atoms with E-state index in [0.717, 1.165) is 45.4 Å². The molecule has 3 aromatic carbocycles. The first-order chi connectivity index (χ1) is 17.3. The minimum absolute atomic E-state index is 0. The van der Waals surface area contributed by atoms with Gasteiger partial charge in [0.2, 0.25) is 0 Å². The highest BCUT2D eigenvalue weighted by Gasteiger charge is 2.37. The van der Waals surface area contributed by atoms with Crippen LogP contribution in [0.3, 0.4) is 0 Å². The van der Waals surface area contributed by atoms with Crippen LogP contribution in [0.25, 0.3) is 11.1 Å². The second-order valence-electron chi connectivity index (χ2n) is 10.2. The molecule has 3 atom stereocenters. The van der Waals surface area contributed by atoms with Gasteiger partial charge in [-0.1, -0.05) is 78.9 Å². The number of hydrogen-bond donors (Lipinski definition) is 1. The van der Waals surface area contributed by atoms with Crippen molar-refractivity contribution >= 4 is 12.4 Å². The average molecular weight is 506 g/mol. The fourth-order valence-electron chi connectivity index (χ4n) is 5.58. The zero-order chi connectivity index (χ0) is 23.9. The molecule has 1 aliphatic heterocycles. The van der Waals surface area contributed by atoms with Crippen LogP contribution in [0.4, 0.5) is 0 Å². The number of methoxy groups -OCH3 is 1. The lowest BCUT2D eigenvalue weighted by Crippen LogP contribution is -2.43. The van der Waals surface area contributed by atoms with Crippen LogP contribution in [0.5, 0.6) is 0 Å². The zero-order valence-corrected chi connectivity index (χ0v) is 22.2. The van der Waals surface area contributed by atoms with Crippen LogP contribution < -0.4 is 5.32 Å². The summed E-state index contributed by atoms with van der Waals surface area (Å²) in [5.41, 5.74) is 6.89. The third-order valence-electron chi connectivity index (χ3n) is 7.68. The van der Waals surface area contributed by atoms with E-state index >= 15 is 0 Å². The first-order valence-electron chi connectivity index (χ1n) is 13.4. The highest BCUT2D eigenvalue weighted by Crippen LogP contribution is 2.39. The molecule has 0 radical (unpaired) electrons. The van der Waals surface area contributed by atoms with Crippen molar-refractivity contribution < 1.29 is 9.47 Å². The van der Waals surface area contributed by atoms with Gasteiger partial charge in [-0.15, -0.1) is 12.4 Å². The summed E-state index contributed by atoms with van der Waals surface area (Å²) in [6.07, 6.45) is 7.37. The molecular weight excluding hydrogens is 466 g/mol. The average Bonchev–Trinajstić information content (AvgIpc) is 3.76. The molecule has 192 valence electrons. The predicted octanol–water partition coefficient (Wildman–Crippen LogP) is 6.84. The van der Waals surface area contributed by atoms with Gasteiger partial charge in [0.25, 0.3) is 0 Å². The Labute approximate surface area is 223 Å². The van der Waals surface area contributed by atoms with E-state index in [1.54, 1.807) is 7.11 Å². The molecule has 2 aliphatic rings. The molecule has 2 fully saturated rings. The molecule has 0 bridgehead atoms. The van der Waals surface area contributed by atoms with Crippen molar-refractivity contribution in [3.05, 3.63) is 95.6 Å². The lowest BCUT2D eigenvalue weighted by molar-refractivity contribution is -0.0439. The molecule has 0 aromatic heterocycles. The van der Waals surface area contributed by atoms with E-state index in [4.69, 9.17) is 9.47 Å². The predicted molar refractivity (Wildman–Crippen MR) is 151 cm³/mol. The summed E-state index contributed by atoms with van der Waals surface area (Å²) in [6.45, 7) is 2.80. The maximum atomic E-state index is 7.03. The SMILES string of the molecule is COCCCc1ccccc1CC(O[C@H]1CNCC[C@@H]1c1cccc(-c2ccccc2)c1)C1CC1.Cl. The molecule has 0 spiro atoms. The van der Waals surface area contributed by atoms with Crippen LogP contribution in [0, 0.1) is 5.92 Å². The first-order valence-corrected chi connectivity index (χ1v) is 13.4. The fraction of sp³-hybridized carbons (Fsp3) is 0.438. The van der Waals surface area contributed by atoms with Crippen LogP contribution in [0.15, 0.2) is 78.9 Å². The molecule has 1 N–H and O–H groups in total. The van der Waals surface area contributed by atoms with E-state index < -0.39 is 0 Å². The number of halogens is 1. The normalized spacial score (nSPS) is 20.5. The fourth-order valence-corrected chi connectivity index (χ4v) is 5.58. The van der Waals surface area contributed by atoms with E-state index in [2.05, 4.69) is 84.2 Å². The number of ether oxygens (including phenoxy) is 2. The smallest absolute Gasteiger partial charge is 0.0772 e. The van der Waals surface area contributed by atoms with Crippen LogP contribution in [0.2, 0.25) is 0 Å². The third kappa shape index (κ3) is 6.98. The van der Waals surface area contributed by atoms with Crippen LogP contribution >= 0.6 is 12.4 Å². The first kappa shape index (κ1) is 26.9. The maximum absolute atomic E-state index is 7.03. The summed E-state index contributed by atoms with van der Waals surface area (Å²) in [6, 6.07) is 28.8. The molecule has 1 unspecified atom stereocenters. The molecule has 3 nitrogen and oxygen atoms in total. The van der Waals surface area contributed by atoms with Gasteiger partial charge in [0, 0.05) is 26.2 Å². The van der Waals surface area contributed by atoms with Crippen molar-refractivity contribution in [3.8, 4) is 11.1 Å². The largest absolute Gasteiger partial charge is 0.385 e. The van der Waals surface area contributed by atoms with Gasteiger partial charge in [0.1, 0.15) is 0 Å². The number of hydrogen-bond acceptors (Lipinski definition) is 3. The molecule has 36 heavy (non-hydrogen) atoms. The summed E-state index contributed by atoms with van der Waals surface area (Å²) in [5.74, 6) is 1.12. The number of aryl methyl sites for hydroxylation is 1. The highest BCUT2D eigenvalue weighted by atomic mass is 35.5. The van der Waals surface area contributed by atoms with Gasteiger partial charge in [0.15, 0.2) is 0 Å². The number of nitrogens with one attached hydrogen (secondary N) is 1. The topological polar surface area (TPSA) is 30.5 Å². The van der Waals surface area contributed by atoms with E-state index in [0.29, 0.717) is 17.9 Å². The van der Waals surface area contributed by atoms with Crippen molar-refractivity contribution in [1.82, 2.24) is 5.32 Å². The Bertz CT molecular complexity index is 1070. The Morgan fingerprint density at radius 1 is 0.861 bits per heavy atom. The van der Waals surface area contributed by atoms with Gasteiger partial charge in [-0.2, -0.15) is 0 Å². The van der Waals surface area contributed by atoms with Gasteiger partial charge in [-0.25, -0.2) is 0 Å². The quantitative estimate of drug-likeness (QED) is 0.289. The highest BCUT2D eigenvalue weighted by molar-refractivity contribution is 5.85. The molecule has 1 aliphatic carbocycles. The minimum Gasteiger partial charge on any atom is -0.385 e. The molecule has 1 heterocycles. The maximum Gasteiger partial charge on any atom is 0.0772 e. The number of piperidine rings is 1. The number of benzene rings is 3. The van der Waals surface area contributed by atoms with Crippen LogP contribution in [-0.4, -0.2) is 39.0 Å². The van der Waals surface area contributed by atoms with Gasteiger partial charge < -0.3 is 14.8 Å². The van der Waals surface area contributed by atoms with Gasteiger partial charge in [-0.05, 0) is 78.8 Å². The van der Waals surface area contributed by atoms with E-state index in [1.807, 2.05) is 0 Å². The van der Waals surface area contributed by atoms with Crippen molar-refractivity contribution in [1.29, 1.82) is 0 Å². The second-order valence-corrected chi connectivity index (χ2v) is 10.2. The lowest BCUT2D eigenvalue weighted by atomic mass is 9.86. The molecular formula is C32H40ClNO2. The van der Waals surface area contributed by atoms with Crippen molar-refractivity contribution in [2.75, 3.05) is 26.8 Å². The van der Waals surface area contributed by atoms with Crippen molar-refractivity contribution in [3.63, 3.8) is 0 Å². The van der Waals surface area contributed by atoms with Crippen LogP contribution in [-0.2, 0) is 22.3 Å². The standard InChI is InChI=1S/C32H39NO2.ClH/c1-34-20-8-15-25-11-5-6-12-28(25)22-31(26-16-17-26)35-32-23-33-19-18-30(32)29-14-7-13-27(21-29)24-9-3-2-4-10-24;/h2-7,9-14,21,26,30-33H,8,15-20,22-23H2,1H3;1H/t30-,31?,32+;/m1./s1. The monoisotopic (exact) mass is 505 g/mol. The molecule has 4 heteroatoms. The summed E-state index contributed by atoms with van der Waals surface area (Å²) >= 11 is 0. The van der Waals surface area contributed by atoms with Gasteiger partial charge in [0.05, 0.1) is 12.2 Å². The van der Waals surface area contributed by atoms with Gasteiger partial charge in [-0.3, -0.25) is 0 Å². The molecule has 0 amide bonds. The Morgan fingerprint density at radius 2 is 1.61 bits per heavy atom. The molecule has 1 saturated carbocycles. The molecule has 5 rings (SSSR count). The lowest BCUT2D eigenvalue weighted by Gasteiger charge is -2.36. The summed E-state index contributed by atoms with van der Waals surface area (Å²) in [5, 5.41) is 3.62. The molecule has 1 saturated heterocycles. The number of rotatable bonds is 11. The summed E-state index contributed by atoms with van der Waals surface area (Å²) in [7, 11) is 1.78. The minimum atomic E-state index is 0. The second kappa shape index (κ2) is 13.4. The van der Waals surface area contributed by atoms with E-state index in [1.165, 1.54) is 40.7 Å². The Kier molecular flexibility index (Phi) is 10.0. The summed E-state index contributed by atoms with van der Waals surface area (Å²) < 4.78 is 12.3. The van der Waals surface area contributed by atoms with Crippen molar-refractivity contribution in [2.24, 2.45) is 5.92 Å². The van der Waals surface area contributed by atoms with E-state index in [9.17, 15) is 0 Å². The summed E-state index contributed by atoms with van der Waals surface area (Å²) in [4.78, 5) is 0. The third-order valence-corrected chi connectivity index (χ3v) is 7.68. The Morgan fingerprint density at radius 3 is 2.39 bits per heavy atom.